The van der Waals surface area contributed by atoms with Crippen LogP contribution in [0.1, 0.15) is 28.4 Å². The molecule has 110 valence electrons. The Morgan fingerprint density at radius 2 is 1.76 bits per heavy atom. The van der Waals surface area contributed by atoms with Crippen LogP contribution in [0.5, 0.6) is 0 Å². The molecule has 0 radical (unpaired) electrons. The number of aryl methyl sites for hydroxylation is 2. The van der Waals surface area contributed by atoms with Gasteiger partial charge in [0.15, 0.2) is 0 Å². The van der Waals surface area contributed by atoms with E-state index in [2.05, 4.69) is 12.2 Å². The van der Waals surface area contributed by atoms with Gasteiger partial charge in [-0.2, -0.15) is 0 Å². The van der Waals surface area contributed by atoms with E-state index in [9.17, 15) is 4.79 Å². The SMILES string of the molecule is CCNc1ccc(C(=O)N(C)c2ccc(C)cc2)cc1C. The van der Waals surface area contributed by atoms with Crippen LogP contribution in [-0.4, -0.2) is 19.5 Å². The van der Waals surface area contributed by atoms with Crippen LogP contribution >= 0.6 is 0 Å². The quantitative estimate of drug-likeness (QED) is 0.919. The van der Waals surface area contributed by atoms with E-state index < -0.39 is 0 Å². The number of hydrogen-bond acceptors (Lipinski definition) is 2. The van der Waals surface area contributed by atoms with Crippen molar-refractivity contribution in [2.75, 3.05) is 23.8 Å². The smallest absolute Gasteiger partial charge is 0.258 e. The summed E-state index contributed by atoms with van der Waals surface area (Å²) in [5.74, 6) is 0.00463. The number of rotatable bonds is 4. The lowest BCUT2D eigenvalue weighted by atomic mass is 10.1. The fourth-order valence-corrected chi connectivity index (χ4v) is 2.26. The molecule has 2 rings (SSSR count). The van der Waals surface area contributed by atoms with Crippen molar-refractivity contribution in [2.45, 2.75) is 20.8 Å². The first kappa shape index (κ1) is 15.1. The highest BCUT2D eigenvalue weighted by molar-refractivity contribution is 6.06. The van der Waals surface area contributed by atoms with Crippen LogP contribution in [0, 0.1) is 13.8 Å². The van der Waals surface area contributed by atoms with E-state index in [1.165, 1.54) is 5.56 Å². The molecule has 21 heavy (non-hydrogen) atoms. The zero-order valence-electron chi connectivity index (χ0n) is 13.1. The Kier molecular flexibility index (Phi) is 4.63. The van der Waals surface area contributed by atoms with Crippen molar-refractivity contribution >= 4 is 17.3 Å². The number of benzene rings is 2. The molecule has 0 fully saturated rings. The topological polar surface area (TPSA) is 32.3 Å². The van der Waals surface area contributed by atoms with Crippen LogP contribution in [0.3, 0.4) is 0 Å². The summed E-state index contributed by atoms with van der Waals surface area (Å²) in [6.45, 7) is 6.98. The Hall–Kier alpha value is -2.29. The highest BCUT2D eigenvalue weighted by Crippen LogP contribution is 2.20. The van der Waals surface area contributed by atoms with Gasteiger partial charge in [-0.15, -0.1) is 0 Å². The molecule has 0 aliphatic carbocycles. The molecular weight excluding hydrogens is 260 g/mol. The monoisotopic (exact) mass is 282 g/mol. The molecular formula is C18H22N2O. The number of nitrogens with one attached hydrogen (secondary N) is 1. The Balaban J connectivity index is 2.23. The molecule has 3 heteroatoms. The fourth-order valence-electron chi connectivity index (χ4n) is 2.26. The van der Waals surface area contributed by atoms with E-state index in [1.807, 2.05) is 56.3 Å². The molecule has 2 aromatic carbocycles. The molecule has 0 spiro atoms. The number of hydrogen-bond donors (Lipinski definition) is 1. The summed E-state index contributed by atoms with van der Waals surface area (Å²) >= 11 is 0. The molecule has 2 aromatic rings. The number of carbonyl (C=O) groups excluding carboxylic acids is 1. The minimum Gasteiger partial charge on any atom is -0.385 e. The second-order valence-electron chi connectivity index (χ2n) is 5.26. The van der Waals surface area contributed by atoms with Gasteiger partial charge in [-0.25, -0.2) is 0 Å². The molecule has 0 heterocycles. The van der Waals surface area contributed by atoms with Gasteiger partial charge in [0.1, 0.15) is 0 Å². The van der Waals surface area contributed by atoms with Crippen molar-refractivity contribution in [2.24, 2.45) is 0 Å². The number of anilines is 2. The van der Waals surface area contributed by atoms with Crippen molar-refractivity contribution in [3.63, 3.8) is 0 Å². The summed E-state index contributed by atoms with van der Waals surface area (Å²) in [6, 6.07) is 13.7. The molecule has 1 amide bonds. The first-order valence-corrected chi connectivity index (χ1v) is 7.22. The highest BCUT2D eigenvalue weighted by atomic mass is 16.2. The van der Waals surface area contributed by atoms with Crippen molar-refractivity contribution in [3.05, 3.63) is 59.2 Å². The van der Waals surface area contributed by atoms with Crippen LogP contribution in [0.2, 0.25) is 0 Å². The first-order chi connectivity index (χ1) is 10.0. The van der Waals surface area contributed by atoms with E-state index >= 15 is 0 Å². The van der Waals surface area contributed by atoms with Gasteiger partial charge >= 0.3 is 0 Å². The minimum absolute atomic E-state index is 0.00463. The van der Waals surface area contributed by atoms with Gasteiger partial charge in [0.25, 0.3) is 5.91 Å². The predicted molar refractivity (Wildman–Crippen MR) is 89.3 cm³/mol. The summed E-state index contributed by atoms with van der Waals surface area (Å²) < 4.78 is 0. The average molecular weight is 282 g/mol. The molecule has 0 aliphatic rings. The molecule has 0 saturated carbocycles. The molecule has 0 unspecified atom stereocenters. The third-order valence-corrected chi connectivity index (χ3v) is 3.57. The van der Waals surface area contributed by atoms with Crippen LogP contribution in [0.25, 0.3) is 0 Å². The lowest BCUT2D eigenvalue weighted by molar-refractivity contribution is 0.0993. The molecule has 0 aliphatic heterocycles. The fraction of sp³-hybridized carbons (Fsp3) is 0.278. The zero-order chi connectivity index (χ0) is 15.4. The van der Waals surface area contributed by atoms with Gasteiger partial charge < -0.3 is 10.2 Å². The Morgan fingerprint density at radius 1 is 1.10 bits per heavy atom. The lowest BCUT2D eigenvalue weighted by Gasteiger charge is -2.18. The Morgan fingerprint density at radius 3 is 2.33 bits per heavy atom. The molecule has 3 nitrogen and oxygen atoms in total. The van der Waals surface area contributed by atoms with Crippen molar-refractivity contribution in [1.29, 1.82) is 0 Å². The van der Waals surface area contributed by atoms with Crippen molar-refractivity contribution in [3.8, 4) is 0 Å². The van der Waals surface area contributed by atoms with Gasteiger partial charge in [-0.1, -0.05) is 17.7 Å². The predicted octanol–water partition coefficient (Wildman–Crippen LogP) is 4.01. The largest absolute Gasteiger partial charge is 0.385 e. The van der Waals surface area contributed by atoms with Crippen molar-refractivity contribution in [1.82, 2.24) is 0 Å². The molecule has 0 aromatic heterocycles. The third kappa shape index (κ3) is 3.43. The van der Waals surface area contributed by atoms with Crippen LogP contribution in [-0.2, 0) is 0 Å². The van der Waals surface area contributed by atoms with Crippen LogP contribution in [0.15, 0.2) is 42.5 Å². The summed E-state index contributed by atoms with van der Waals surface area (Å²) in [4.78, 5) is 14.2. The van der Waals surface area contributed by atoms with Gasteiger partial charge in [0.05, 0.1) is 0 Å². The highest BCUT2D eigenvalue weighted by Gasteiger charge is 2.14. The molecule has 0 atom stereocenters. The summed E-state index contributed by atoms with van der Waals surface area (Å²) in [5, 5.41) is 3.28. The Labute approximate surface area is 126 Å². The lowest BCUT2D eigenvalue weighted by Crippen LogP contribution is -2.26. The van der Waals surface area contributed by atoms with E-state index in [0.717, 1.165) is 23.5 Å². The van der Waals surface area contributed by atoms with Crippen molar-refractivity contribution < 1.29 is 4.79 Å². The average Bonchev–Trinajstić information content (AvgIpc) is 2.49. The van der Waals surface area contributed by atoms with Gasteiger partial charge in [-0.05, 0) is 56.7 Å². The third-order valence-electron chi connectivity index (χ3n) is 3.57. The number of carbonyl (C=O) groups is 1. The second kappa shape index (κ2) is 6.44. The minimum atomic E-state index is 0.00463. The van der Waals surface area contributed by atoms with Gasteiger partial charge in [0, 0.05) is 30.5 Å². The van der Waals surface area contributed by atoms with Gasteiger partial charge in [0.2, 0.25) is 0 Å². The van der Waals surface area contributed by atoms with E-state index in [4.69, 9.17) is 0 Å². The van der Waals surface area contributed by atoms with E-state index in [1.54, 1.807) is 11.9 Å². The van der Waals surface area contributed by atoms with E-state index in [0.29, 0.717) is 5.56 Å². The number of amides is 1. The van der Waals surface area contributed by atoms with Crippen LogP contribution in [0.4, 0.5) is 11.4 Å². The second-order valence-corrected chi connectivity index (χ2v) is 5.26. The first-order valence-electron chi connectivity index (χ1n) is 7.22. The Bertz CT molecular complexity index is 632. The molecule has 1 N–H and O–H groups in total. The maximum atomic E-state index is 12.6. The summed E-state index contributed by atoms with van der Waals surface area (Å²) in [6.07, 6.45) is 0. The maximum Gasteiger partial charge on any atom is 0.258 e. The van der Waals surface area contributed by atoms with E-state index in [-0.39, 0.29) is 5.91 Å². The standard InChI is InChI=1S/C18H22N2O/c1-5-19-17-11-8-15(12-14(17)3)18(21)20(4)16-9-6-13(2)7-10-16/h6-12,19H,5H2,1-4H3. The summed E-state index contributed by atoms with van der Waals surface area (Å²) in [7, 11) is 1.81. The maximum absolute atomic E-state index is 12.6. The normalized spacial score (nSPS) is 10.3. The summed E-state index contributed by atoms with van der Waals surface area (Å²) in [5.41, 5.74) is 4.95. The zero-order valence-corrected chi connectivity index (χ0v) is 13.1. The number of nitrogens with zero attached hydrogens (tertiary/aromatic N) is 1. The van der Waals surface area contributed by atoms with Gasteiger partial charge in [-0.3, -0.25) is 4.79 Å². The molecule has 0 saturated heterocycles. The molecule has 0 bridgehead atoms. The van der Waals surface area contributed by atoms with Crippen LogP contribution < -0.4 is 10.2 Å².